The van der Waals surface area contributed by atoms with Gasteiger partial charge in [-0.1, -0.05) is 18.2 Å². The van der Waals surface area contributed by atoms with Gasteiger partial charge in [0.25, 0.3) is 0 Å². The molecule has 0 bridgehead atoms. The molecular formula is C13H13O. The summed E-state index contributed by atoms with van der Waals surface area (Å²) >= 11 is 0. The second kappa shape index (κ2) is 3.02. The van der Waals surface area contributed by atoms with E-state index >= 15 is 0 Å². The predicted octanol–water partition coefficient (Wildman–Crippen LogP) is 3.91. The second-order valence-corrected chi connectivity index (χ2v) is 3.81. The number of hydrogen-bond donors (Lipinski definition) is 0. The van der Waals surface area contributed by atoms with Gasteiger partial charge in [0.1, 0.15) is 0 Å². The van der Waals surface area contributed by atoms with Crippen LogP contribution in [0.25, 0.3) is 10.8 Å². The molecule has 1 radical (unpaired) electrons. The van der Waals surface area contributed by atoms with Gasteiger partial charge in [0, 0.05) is 5.39 Å². The molecule has 0 aromatic heterocycles. The van der Waals surface area contributed by atoms with Crippen molar-refractivity contribution in [1.29, 1.82) is 0 Å². The molecule has 71 valence electrons. The van der Waals surface area contributed by atoms with Crippen molar-refractivity contribution in [2.24, 2.45) is 0 Å². The average molecular weight is 185 g/mol. The summed E-state index contributed by atoms with van der Waals surface area (Å²) < 4.78 is 0. The first-order valence-corrected chi connectivity index (χ1v) is 4.78. The molecule has 1 heteroatoms. The van der Waals surface area contributed by atoms with Crippen molar-refractivity contribution in [2.45, 2.75) is 20.8 Å². The molecule has 2 aromatic carbocycles. The van der Waals surface area contributed by atoms with E-state index in [1.807, 2.05) is 32.0 Å². The summed E-state index contributed by atoms with van der Waals surface area (Å²) in [5.41, 5.74) is 3.48. The Labute approximate surface area is 84.0 Å². The molecule has 0 aliphatic rings. The van der Waals surface area contributed by atoms with E-state index < -0.39 is 0 Å². The standard InChI is InChI=1S/C13H13O/c1-8-5-4-6-11-12(14)7-9(2)10(3)13(8)11/h4-7H,1-3H3. The summed E-state index contributed by atoms with van der Waals surface area (Å²) in [5, 5.41) is 13.7. The molecule has 0 aliphatic heterocycles. The Morgan fingerprint density at radius 3 is 2.43 bits per heavy atom. The van der Waals surface area contributed by atoms with Crippen LogP contribution in [0.4, 0.5) is 0 Å². The van der Waals surface area contributed by atoms with E-state index in [9.17, 15) is 5.11 Å². The fraction of sp³-hybridized carbons (Fsp3) is 0.231. The first-order valence-electron chi connectivity index (χ1n) is 4.78. The lowest BCUT2D eigenvalue weighted by Gasteiger charge is -2.08. The molecule has 14 heavy (non-hydrogen) atoms. The van der Waals surface area contributed by atoms with E-state index in [1.165, 1.54) is 11.1 Å². The Morgan fingerprint density at radius 2 is 1.71 bits per heavy atom. The van der Waals surface area contributed by atoms with Crippen molar-refractivity contribution < 1.29 is 5.11 Å². The molecule has 0 aliphatic carbocycles. The zero-order valence-corrected chi connectivity index (χ0v) is 8.72. The van der Waals surface area contributed by atoms with Crippen LogP contribution in [0.15, 0.2) is 24.3 Å². The minimum atomic E-state index is 0.131. The van der Waals surface area contributed by atoms with E-state index in [4.69, 9.17) is 0 Å². The largest absolute Gasteiger partial charge is 0.289 e. The van der Waals surface area contributed by atoms with Crippen LogP contribution in [-0.4, -0.2) is 0 Å². The maximum atomic E-state index is 11.7. The highest BCUT2D eigenvalue weighted by Gasteiger charge is 2.08. The van der Waals surface area contributed by atoms with Crippen LogP contribution in [0.1, 0.15) is 16.7 Å². The number of rotatable bonds is 0. The third-order valence-corrected chi connectivity index (χ3v) is 2.85. The van der Waals surface area contributed by atoms with Crippen molar-refractivity contribution >= 4 is 10.8 Å². The Morgan fingerprint density at radius 1 is 1.00 bits per heavy atom. The lowest BCUT2D eigenvalue weighted by Crippen LogP contribution is -1.87. The highest BCUT2D eigenvalue weighted by Crippen LogP contribution is 2.32. The lowest BCUT2D eigenvalue weighted by molar-refractivity contribution is 0.360. The average Bonchev–Trinajstić information content (AvgIpc) is 2.14. The minimum Gasteiger partial charge on any atom is -0.289 e. The van der Waals surface area contributed by atoms with Gasteiger partial charge in [0.2, 0.25) is 0 Å². The summed E-state index contributed by atoms with van der Waals surface area (Å²) in [4.78, 5) is 0. The van der Waals surface area contributed by atoms with E-state index in [1.54, 1.807) is 6.07 Å². The van der Waals surface area contributed by atoms with Gasteiger partial charge in [0.15, 0.2) is 5.75 Å². The molecule has 0 saturated carbocycles. The predicted molar refractivity (Wildman–Crippen MR) is 58.3 cm³/mol. The van der Waals surface area contributed by atoms with Gasteiger partial charge in [-0.25, -0.2) is 0 Å². The van der Waals surface area contributed by atoms with Gasteiger partial charge in [-0.05, 0) is 48.9 Å². The number of fused-ring (bicyclic) bond motifs is 1. The number of benzene rings is 2. The molecule has 0 spiro atoms. The van der Waals surface area contributed by atoms with E-state index in [0.717, 1.165) is 16.3 Å². The van der Waals surface area contributed by atoms with Crippen molar-refractivity contribution in [3.8, 4) is 5.75 Å². The van der Waals surface area contributed by atoms with Crippen LogP contribution in [0.3, 0.4) is 0 Å². The monoisotopic (exact) mass is 185 g/mol. The fourth-order valence-electron chi connectivity index (χ4n) is 1.95. The van der Waals surface area contributed by atoms with Crippen LogP contribution in [0.5, 0.6) is 5.75 Å². The van der Waals surface area contributed by atoms with Gasteiger partial charge in [-0.3, -0.25) is 5.11 Å². The van der Waals surface area contributed by atoms with Gasteiger partial charge in [-0.15, -0.1) is 0 Å². The molecular weight excluding hydrogens is 172 g/mol. The van der Waals surface area contributed by atoms with Gasteiger partial charge in [0.05, 0.1) is 0 Å². The van der Waals surface area contributed by atoms with Crippen molar-refractivity contribution in [2.75, 3.05) is 0 Å². The number of hydrogen-bond acceptors (Lipinski definition) is 0. The molecule has 0 heterocycles. The molecule has 0 unspecified atom stereocenters. The van der Waals surface area contributed by atoms with Gasteiger partial charge in [-0.2, -0.15) is 0 Å². The SMILES string of the molecule is Cc1cc([O])c2cccc(C)c2c1C. The first kappa shape index (κ1) is 9.07. The molecule has 0 atom stereocenters. The quantitative estimate of drug-likeness (QED) is 0.593. The summed E-state index contributed by atoms with van der Waals surface area (Å²) in [6.45, 7) is 6.11. The zero-order valence-electron chi connectivity index (χ0n) is 8.72. The maximum absolute atomic E-state index is 11.7. The Bertz CT molecular complexity index is 498. The van der Waals surface area contributed by atoms with Crippen molar-refractivity contribution in [3.05, 3.63) is 41.0 Å². The minimum absolute atomic E-state index is 0.131. The topological polar surface area (TPSA) is 19.9 Å². The zero-order chi connectivity index (χ0) is 10.3. The maximum Gasteiger partial charge on any atom is 0.186 e. The summed E-state index contributed by atoms with van der Waals surface area (Å²) in [7, 11) is 0. The van der Waals surface area contributed by atoms with Crippen LogP contribution in [-0.2, 0) is 5.11 Å². The smallest absolute Gasteiger partial charge is 0.186 e. The van der Waals surface area contributed by atoms with Crippen LogP contribution < -0.4 is 0 Å². The Balaban J connectivity index is 3.03. The van der Waals surface area contributed by atoms with Crippen molar-refractivity contribution in [1.82, 2.24) is 0 Å². The molecule has 2 rings (SSSR count). The van der Waals surface area contributed by atoms with Crippen LogP contribution in [0, 0.1) is 20.8 Å². The molecule has 0 saturated heterocycles. The lowest BCUT2D eigenvalue weighted by atomic mass is 9.96. The molecule has 2 aromatic rings. The number of aryl methyl sites for hydroxylation is 3. The second-order valence-electron chi connectivity index (χ2n) is 3.81. The van der Waals surface area contributed by atoms with E-state index in [2.05, 4.69) is 6.92 Å². The third kappa shape index (κ3) is 1.17. The normalized spacial score (nSPS) is 10.8. The first-order chi connectivity index (χ1) is 6.61. The molecule has 0 fully saturated rings. The Hall–Kier alpha value is -1.50. The Kier molecular flexibility index (Phi) is 1.95. The van der Waals surface area contributed by atoms with E-state index in [-0.39, 0.29) is 5.75 Å². The van der Waals surface area contributed by atoms with Gasteiger partial charge < -0.3 is 0 Å². The van der Waals surface area contributed by atoms with Crippen molar-refractivity contribution in [3.63, 3.8) is 0 Å². The summed E-state index contributed by atoms with van der Waals surface area (Å²) in [6.07, 6.45) is 0. The van der Waals surface area contributed by atoms with Crippen LogP contribution >= 0.6 is 0 Å². The molecule has 0 N–H and O–H groups in total. The highest BCUT2D eigenvalue weighted by atomic mass is 16.3. The molecule has 1 nitrogen and oxygen atoms in total. The van der Waals surface area contributed by atoms with Gasteiger partial charge >= 0.3 is 0 Å². The highest BCUT2D eigenvalue weighted by molar-refractivity contribution is 5.93. The third-order valence-electron chi connectivity index (χ3n) is 2.85. The van der Waals surface area contributed by atoms with Crippen LogP contribution in [0.2, 0.25) is 0 Å². The summed E-state index contributed by atoms with van der Waals surface area (Å²) in [5.74, 6) is 0.131. The molecule has 0 amide bonds. The van der Waals surface area contributed by atoms with E-state index in [0.29, 0.717) is 0 Å². The summed E-state index contributed by atoms with van der Waals surface area (Å²) in [6, 6.07) is 7.61. The fourth-order valence-corrected chi connectivity index (χ4v) is 1.95.